The predicted molar refractivity (Wildman–Crippen MR) is 85.1 cm³/mol. The zero-order valence-corrected chi connectivity index (χ0v) is 13.0. The highest BCUT2D eigenvalue weighted by Gasteiger charge is 2.06. The Morgan fingerprint density at radius 2 is 1.80 bits per heavy atom. The molecule has 1 N–H and O–H groups in total. The van der Waals surface area contributed by atoms with Gasteiger partial charge in [-0.2, -0.15) is 0 Å². The molecule has 2 aromatic carbocycles. The minimum atomic E-state index is 0.323. The van der Waals surface area contributed by atoms with Crippen LogP contribution in [0.15, 0.2) is 42.5 Å². The van der Waals surface area contributed by atoms with Crippen molar-refractivity contribution in [2.24, 2.45) is 0 Å². The molecule has 1 atom stereocenters. The van der Waals surface area contributed by atoms with E-state index in [1.807, 2.05) is 24.3 Å². The van der Waals surface area contributed by atoms with E-state index in [4.69, 9.17) is 27.9 Å². The molecule has 4 heteroatoms. The quantitative estimate of drug-likeness (QED) is 0.792. The van der Waals surface area contributed by atoms with Gasteiger partial charge in [0.1, 0.15) is 11.5 Å². The molecular weight excluding hydrogens is 293 g/mol. The smallest absolute Gasteiger partial charge is 0.147 e. The van der Waals surface area contributed by atoms with Crippen molar-refractivity contribution in [3.63, 3.8) is 0 Å². The minimum absolute atomic E-state index is 0.323. The first kappa shape index (κ1) is 15.2. The number of benzene rings is 2. The molecule has 0 fully saturated rings. The molecule has 2 rings (SSSR count). The summed E-state index contributed by atoms with van der Waals surface area (Å²) in [4.78, 5) is 0. The molecule has 0 saturated carbocycles. The second kappa shape index (κ2) is 6.98. The molecule has 0 amide bonds. The van der Waals surface area contributed by atoms with Crippen LogP contribution in [0.1, 0.15) is 25.5 Å². The third-order valence-electron chi connectivity index (χ3n) is 3.01. The molecule has 1 unspecified atom stereocenters. The molecule has 0 saturated heterocycles. The predicted octanol–water partition coefficient (Wildman–Crippen LogP) is 5.46. The van der Waals surface area contributed by atoms with E-state index in [-0.39, 0.29) is 0 Å². The van der Waals surface area contributed by atoms with Crippen molar-refractivity contribution in [1.29, 1.82) is 0 Å². The Bertz CT molecular complexity index is 569. The van der Waals surface area contributed by atoms with E-state index in [2.05, 4.69) is 19.2 Å². The van der Waals surface area contributed by atoms with Gasteiger partial charge >= 0.3 is 0 Å². The molecule has 0 radical (unpaired) electrons. The van der Waals surface area contributed by atoms with Crippen molar-refractivity contribution in [3.8, 4) is 11.5 Å². The van der Waals surface area contributed by atoms with Gasteiger partial charge in [-0.3, -0.25) is 0 Å². The second-order valence-corrected chi connectivity index (χ2v) is 5.37. The van der Waals surface area contributed by atoms with E-state index in [0.29, 0.717) is 21.8 Å². The molecule has 0 aliphatic heterocycles. The van der Waals surface area contributed by atoms with Gasteiger partial charge in [-0.1, -0.05) is 42.3 Å². The largest absolute Gasteiger partial charge is 0.456 e. The van der Waals surface area contributed by atoms with Gasteiger partial charge in [0.05, 0.1) is 5.02 Å². The summed E-state index contributed by atoms with van der Waals surface area (Å²) in [6.45, 7) is 5.17. The topological polar surface area (TPSA) is 21.3 Å². The van der Waals surface area contributed by atoms with Crippen LogP contribution in [0, 0.1) is 0 Å². The second-order valence-electron chi connectivity index (χ2n) is 4.53. The first-order valence-electron chi connectivity index (χ1n) is 6.56. The highest BCUT2D eigenvalue weighted by molar-refractivity contribution is 6.34. The van der Waals surface area contributed by atoms with Crippen LogP contribution in [0.2, 0.25) is 10.0 Å². The van der Waals surface area contributed by atoms with Crippen LogP contribution >= 0.6 is 23.2 Å². The maximum atomic E-state index is 6.08. The zero-order chi connectivity index (χ0) is 14.5. The summed E-state index contributed by atoms with van der Waals surface area (Å²) in [5.41, 5.74) is 1.22. The average Bonchev–Trinajstić information content (AvgIpc) is 2.44. The standard InChI is InChI=1S/C16H17Cl2NO/c1-3-19-11(2)12-4-7-14(8-5-12)20-16-10-13(17)6-9-15(16)18/h4-11,19H,3H2,1-2H3. The van der Waals surface area contributed by atoms with Crippen LogP contribution in [-0.4, -0.2) is 6.54 Å². The monoisotopic (exact) mass is 309 g/mol. The molecule has 0 aromatic heterocycles. The molecule has 0 bridgehead atoms. The van der Waals surface area contributed by atoms with Crippen LogP contribution < -0.4 is 10.1 Å². The van der Waals surface area contributed by atoms with Crippen LogP contribution in [0.25, 0.3) is 0 Å². The van der Waals surface area contributed by atoms with Gasteiger partial charge in [0.15, 0.2) is 0 Å². The van der Waals surface area contributed by atoms with E-state index in [9.17, 15) is 0 Å². The van der Waals surface area contributed by atoms with Gasteiger partial charge in [0.25, 0.3) is 0 Å². The molecular formula is C16H17Cl2NO. The van der Waals surface area contributed by atoms with Gasteiger partial charge in [-0.15, -0.1) is 0 Å². The summed E-state index contributed by atoms with van der Waals surface area (Å²) in [6.07, 6.45) is 0. The van der Waals surface area contributed by atoms with E-state index in [1.54, 1.807) is 18.2 Å². The summed E-state index contributed by atoms with van der Waals surface area (Å²) in [5, 5.41) is 4.51. The minimum Gasteiger partial charge on any atom is -0.456 e. The third kappa shape index (κ3) is 3.89. The van der Waals surface area contributed by atoms with E-state index < -0.39 is 0 Å². The van der Waals surface area contributed by atoms with E-state index in [0.717, 1.165) is 12.3 Å². The normalized spacial score (nSPS) is 12.2. The number of nitrogens with one attached hydrogen (secondary N) is 1. The Labute approximate surface area is 129 Å². The fourth-order valence-corrected chi connectivity index (χ4v) is 2.25. The molecule has 106 valence electrons. The van der Waals surface area contributed by atoms with Crippen molar-refractivity contribution in [2.75, 3.05) is 6.54 Å². The van der Waals surface area contributed by atoms with E-state index >= 15 is 0 Å². The van der Waals surface area contributed by atoms with Crippen molar-refractivity contribution >= 4 is 23.2 Å². The van der Waals surface area contributed by atoms with Gasteiger partial charge in [-0.25, -0.2) is 0 Å². The highest BCUT2D eigenvalue weighted by Crippen LogP contribution is 2.32. The molecule has 0 aliphatic carbocycles. The summed E-state index contributed by atoms with van der Waals surface area (Å²) in [7, 11) is 0. The van der Waals surface area contributed by atoms with Crippen molar-refractivity contribution in [1.82, 2.24) is 5.32 Å². The van der Waals surface area contributed by atoms with Gasteiger partial charge in [0, 0.05) is 17.1 Å². The number of hydrogen-bond donors (Lipinski definition) is 1. The van der Waals surface area contributed by atoms with Crippen molar-refractivity contribution in [2.45, 2.75) is 19.9 Å². The highest BCUT2D eigenvalue weighted by atomic mass is 35.5. The van der Waals surface area contributed by atoms with Gasteiger partial charge in [0.2, 0.25) is 0 Å². The number of ether oxygens (including phenoxy) is 1. The fourth-order valence-electron chi connectivity index (χ4n) is 1.93. The average molecular weight is 310 g/mol. The first-order chi connectivity index (χ1) is 9.60. The molecule has 2 aromatic rings. The Kier molecular flexibility index (Phi) is 5.30. The first-order valence-corrected chi connectivity index (χ1v) is 7.32. The Balaban J connectivity index is 2.12. The maximum absolute atomic E-state index is 6.08. The summed E-state index contributed by atoms with van der Waals surface area (Å²) < 4.78 is 5.75. The van der Waals surface area contributed by atoms with Crippen LogP contribution in [0.3, 0.4) is 0 Å². The third-order valence-corrected chi connectivity index (χ3v) is 3.56. The lowest BCUT2D eigenvalue weighted by Gasteiger charge is -2.13. The Morgan fingerprint density at radius 3 is 2.45 bits per heavy atom. The fraction of sp³-hybridized carbons (Fsp3) is 0.250. The summed E-state index contributed by atoms with van der Waals surface area (Å²) >= 11 is 12.0. The van der Waals surface area contributed by atoms with Crippen molar-refractivity contribution in [3.05, 3.63) is 58.1 Å². The molecule has 0 spiro atoms. The molecule has 20 heavy (non-hydrogen) atoms. The van der Waals surface area contributed by atoms with Crippen LogP contribution in [-0.2, 0) is 0 Å². The lowest BCUT2D eigenvalue weighted by Crippen LogP contribution is -2.17. The number of halogens is 2. The van der Waals surface area contributed by atoms with E-state index in [1.165, 1.54) is 5.56 Å². The Morgan fingerprint density at radius 1 is 1.10 bits per heavy atom. The zero-order valence-electron chi connectivity index (χ0n) is 11.5. The maximum Gasteiger partial charge on any atom is 0.147 e. The lowest BCUT2D eigenvalue weighted by molar-refractivity contribution is 0.482. The van der Waals surface area contributed by atoms with Gasteiger partial charge in [-0.05, 0) is 43.3 Å². The van der Waals surface area contributed by atoms with Crippen LogP contribution in [0.5, 0.6) is 11.5 Å². The summed E-state index contributed by atoms with van der Waals surface area (Å²) in [6, 6.07) is 13.4. The lowest BCUT2D eigenvalue weighted by atomic mass is 10.1. The Hall–Kier alpha value is -1.22. The SMILES string of the molecule is CCNC(C)c1ccc(Oc2cc(Cl)ccc2Cl)cc1. The molecule has 2 nitrogen and oxygen atoms in total. The molecule has 0 aliphatic rings. The van der Waals surface area contributed by atoms with Crippen molar-refractivity contribution < 1.29 is 4.74 Å². The van der Waals surface area contributed by atoms with Gasteiger partial charge < -0.3 is 10.1 Å². The summed E-state index contributed by atoms with van der Waals surface area (Å²) in [5.74, 6) is 1.30. The van der Waals surface area contributed by atoms with Crippen LogP contribution in [0.4, 0.5) is 0 Å². The number of rotatable bonds is 5. The molecule has 0 heterocycles. The number of hydrogen-bond acceptors (Lipinski definition) is 2.